The van der Waals surface area contributed by atoms with Gasteiger partial charge in [-0.05, 0) is 42.0 Å². The minimum atomic E-state index is -0.246. The molecule has 0 nitrogen and oxygen atoms in total. The van der Waals surface area contributed by atoms with Gasteiger partial charge in [0.25, 0.3) is 0 Å². The molecule has 0 N–H and O–H groups in total. The van der Waals surface area contributed by atoms with Gasteiger partial charge in [-0.15, -0.1) is 0 Å². The largest absolute Gasteiger partial charge is 0.251 e. The molecule has 0 radical (unpaired) electrons. The number of alkyl halides is 1. The maximum absolute atomic E-state index is 12.1. The van der Waals surface area contributed by atoms with E-state index in [1.165, 1.54) is 22.3 Å². The SMILES string of the molecule is C=C(C)c1ccc(-c2ccc(CCCF)cc2)cc1. The quantitative estimate of drug-likeness (QED) is 0.680. The number of hydrogen-bond acceptors (Lipinski definition) is 0. The Morgan fingerprint density at radius 1 is 0.947 bits per heavy atom. The van der Waals surface area contributed by atoms with Gasteiger partial charge in [0.1, 0.15) is 0 Å². The minimum absolute atomic E-state index is 0.246. The van der Waals surface area contributed by atoms with Crippen molar-refractivity contribution in [2.24, 2.45) is 0 Å². The van der Waals surface area contributed by atoms with Crippen molar-refractivity contribution in [1.29, 1.82) is 0 Å². The molecule has 1 heteroatoms. The Morgan fingerprint density at radius 3 is 1.95 bits per heavy atom. The van der Waals surface area contributed by atoms with Crippen molar-refractivity contribution in [2.45, 2.75) is 19.8 Å². The van der Waals surface area contributed by atoms with Gasteiger partial charge < -0.3 is 0 Å². The molecule has 0 saturated carbocycles. The molecule has 2 rings (SSSR count). The highest BCUT2D eigenvalue weighted by Gasteiger charge is 1.99. The van der Waals surface area contributed by atoms with Crippen LogP contribution >= 0.6 is 0 Å². The molecule has 0 aromatic heterocycles. The molecule has 19 heavy (non-hydrogen) atoms. The minimum Gasteiger partial charge on any atom is -0.251 e. The monoisotopic (exact) mass is 254 g/mol. The van der Waals surface area contributed by atoms with Gasteiger partial charge in [-0.1, -0.05) is 60.7 Å². The average Bonchev–Trinajstić information content (AvgIpc) is 2.46. The molecular weight excluding hydrogens is 235 g/mol. The summed E-state index contributed by atoms with van der Waals surface area (Å²) in [7, 11) is 0. The summed E-state index contributed by atoms with van der Waals surface area (Å²) in [5.41, 5.74) is 5.83. The lowest BCUT2D eigenvalue weighted by Crippen LogP contribution is -1.87. The van der Waals surface area contributed by atoms with E-state index in [1.807, 2.05) is 6.92 Å². The summed E-state index contributed by atoms with van der Waals surface area (Å²) in [5.74, 6) is 0. The van der Waals surface area contributed by atoms with Gasteiger partial charge in [0.15, 0.2) is 0 Å². The third-order valence-corrected chi connectivity index (χ3v) is 3.26. The predicted molar refractivity (Wildman–Crippen MR) is 80.9 cm³/mol. The van der Waals surface area contributed by atoms with E-state index < -0.39 is 0 Å². The molecule has 98 valence electrons. The molecule has 0 bridgehead atoms. The van der Waals surface area contributed by atoms with Gasteiger partial charge in [-0.3, -0.25) is 4.39 Å². The topological polar surface area (TPSA) is 0 Å². The second-order valence-corrected chi connectivity index (χ2v) is 4.85. The van der Waals surface area contributed by atoms with Crippen molar-refractivity contribution in [3.8, 4) is 11.1 Å². The Kier molecular flexibility index (Phi) is 4.51. The summed E-state index contributed by atoms with van der Waals surface area (Å²) in [6, 6.07) is 16.8. The van der Waals surface area contributed by atoms with E-state index in [-0.39, 0.29) is 6.67 Å². The van der Waals surface area contributed by atoms with Crippen molar-refractivity contribution in [3.05, 3.63) is 66.2 Å². The maximum atomic E-state index is 12.1. The van der Waals surface area contributed by atoms with Crippen LogP contribution in [0.2, 0.25) is 0 Å². The summed E-state index contributed by atoms with van der Waals surface area (Å²) in [6.07, 6.45) is 1.41. The number of halogens is 1. The molecule has 0 heterocycles. The zero-order valence-corrected chi connectivity index (χ0v) is 11.3. The van der Waals surface area contributed by atoms with Crippen LogP contribution in [0.1, 0.15) is 24.5 Å². The highest BCUT2D eigenvalue weighted by atomic mass is 19.1. The first-order valence-electron chi connectivity index (χ1n) is 6.62. The zero-order chi connectivity index (χ0) is 13.7. The molecule has 2 aromatic rings. The number of allylic oxidation sites excluding steroid dienone is 1. The second kappa shape index (κ2) is 6.33. The number of hydrogen-bond donors (Lipinski definition) is 0. The maximum Gasteiger partial charge on any atom is 0.0897 e. The summed E-state index contributed by atoms with van der Waals surface area (Å²) in [6.45, 7) is 5.70. The number of rotatable bonds is 5. The predicted octanol–water partition coefficient (Wildman–Crippen LogP) is 5.29. The molecule has 0 aliphatic heterocycles. The Morgan fingerprint density at radius 2 is 1.47 bits per heavy atom. The Balaban J connectivity index is 2.15. The third kappa shape index (κ3) is 3.54. The van der Waals surface area contributed by atoms with E-state index in [0.717, 1.165) is 12.0 Å². The Bertz CT molecular complexity index is 535. The molecule has 0 unspecified atom stereocenters. The standard InChI is InChI=1S/C18H19F/c1-14(2)16-9-11-18(12-10-16)17-7-5-15(6-8-17)4-3-13-19/h5-12H,1,3-4,13H2,2H3. The van der Waals surface area contributed by atoms with Crippen LogP contribution in [0.15, 0.2) is 55.1 Å². The zero-order valence-electron chi connectivity index (χ0n) is 11.3. The molecule has 0 fully saturated rings. The van der Waals surface area contributed by atoms with Gasteiger partial charge in [-0.25, -0.2) is 0 Å². The van der Waals surface area contributed by atoms with Gasteiger partial charge in [0, 0.05) is 0 Å². The van der Waals surface area contributed by atoms with Crippen LogP contribution in [0.3, 0.4) is 0 Å². The molecule has 2 aromatic carbocycles. The van der Waals surface area contributed by atoms with Gasteiger partial charge in [0.2, 0.25) is 0 Å². The first-order chi connectivity index (χ1) is 9.20. The van der Waals surface area contributed by atoms with E-state index in [4.69, 9.17) is 0 Å². The van der Waals surface area contributed by atoms with Gasteiger partial charge in [0.05, 0.1) is 6.67 Å². The fourth-order valence-electron chi connectivity index (χ4n) is 2.08. The average molecular weight is 254 g/mol. The molecule has 0 saturated heterocycles. The molecule has 0 aliphatic rings. The summed E-state index contributed by atoms with van der Waals surface area (Å²) in [4.78, 5) is 0. The van der Waals surface area contributed by atoms with Crippen LogP contribution in [0.5, 0.6) is 0 Å². The van der Waals surface area contributed by atoms with Crippen molar-refractivity contribution < 1.29 is 4.39 Å². The first-order valence-corrected chi connectivity index (χ1v) is 6.62. The van der Waals surface area contributed by atoms with Crippen molar-refractivity contribution >= 4 is 5.57 Å². The fourth-order valence-corrected chi connectivity index (χ4v) is 2.08. The number of aryl methyl sites for hydroxylation is 1. The third-order valence-electron chi connectivity index (χ3n) is 3.26. The van der Waals surface area contributed by atoms with Crippen LogP contribution in [0.25, 0.3) is 16.7 Å². The summed E-state index contributed by atoms with van der Waals surface area (Å²) < 4.78 is 12.1. The van der Waals surface area contributed by atoms with Crippen LogP contribution in [-0.4, -0.2) is 6.67 Å². The highest BCUT2D eigenvalue weighted by molar-refractivity contribution is 5.68. The normalized spacial score (nSPS) is 10.4. The number of benzene rings is 2. The molecular formula is C18H19F. The van der Waals surface area contributed by atoms with E-state index in [1.54, 1.807) is 0 Å². The summed E-state index contributed by atoms with van der Waals surface area (Å²) >= 11 is 0. The smallest absolute Gasteiger partial charge is 0.0897 e. The van der Waals surface area contributed by atoms with Gasteiger partial charge in [-0.2, -0.15) is 0 Å². The fraction of sp³-hybridized carbons (Fsp3) is 0.222. The lowest BCUT2D eigenvalue weighted by Gasteiger charge is -2.06. The van der Waals surface area contributed by atoms with Crippen LogP contribution < -0.4 is 0 Å². The lowest BCUT2D eigenvalue weighted by atomic mass is 10.00. The Hall–Kier alpha value is -1.89. The molecule has 0 spiro atoms. The van der Waals surface area contributed by atoms with E-state index in [0.29, 0.717) is 6.42 Å². The second-order valence-electron chi connectivity index (χ2n) is 4.85. The van der Waals surface area contributed by atoms with E-state index in [9.17, 15) is 4.39 Å². The molecule has 0 amide bonds. The lowest BCUT2D eigenvalue weighted by molar-refractivity contribution is 0.473. The van der Waals surface area contributed by atoms with Crippen LogP contribution in [0.4, 0.5) is 4.39 Å². The highest BCUT2D eigenvalue weighted by Crippen LogP contribution is 2.22. The van der Waals surface area contributed by atoms with Crippen LogP contribution in [-0.2, 0) is 6.42 Å². The molecule has 0 aliphatic carbocycles. The van der Waals surface area contributed by atoms with E-state index >= 15 is 0 Å². The van der Waals surface area contributed by atoms with Crippen molar-refractivity contribution in [1.82, 2.24) is 0 Å². The van der Waals surface area contributed by atoms with E-state index in [2.05, 4.69) is 55.1 Å². The van der Waals surface area contributed by atoms with Crippen molar-refractivity contribution in [2.75, 3.05) is 6.67 Å². The van der Waals surface area contributed by atoms with Gasteiger partial charge >= 0.3 is 0 Å². The molecule has 0 atom stereocenters. The van der Waals surface area contributed by atoms with Crippen LogP contribution in [0, 0.1) is 0 Å². The summed E-state index contributed by atoms with van der Waals surface area (Å²) in [5, 5.41) is 0. The first kappa shape index (κ1) is 13.5. The Labute approximate surface area is 114 Å². The van der Waals surface area contributed by atoms with Crippen molar-refractivity contribution in [3.63, 3.8) is 0 Å².